The molecule has 4 nitrogen and oxygen atoms in total. The fourth-order valence-electron chi connectivity index (χ4n) is 3.25. The van der Waals surface area contributed by atoms with Crippen LogP contribution in [0.4, 0.5) is 0 Å². The minimum atomic E-state index is -0.00431. The molecule has 4 rings (SSSR count). The number of benzene rings is 1. The molecule has 1 atom stereocenters. The van der Waals surface area contributed by atoms with Crippen LogP contribution in [0.3, 0.4) is 0 Å². The van der Waals surface area contributed by atoms with Crippen molar-refractivity contribution in [1.82, 2.24) is 15.3 Å². The van der Waals surface area contributed by atoms with E-state index >= 15 is 0 Å². The molecule has 0 unspecified atom stereocenters. The molecule has 1 aliphatic carbocycles. The number of aromatic nitrogens is 2. The Morgan fingerprint density at radius 3 is 2.92 bits per heavy atom. The number of H-pyrrole nitrogens is 1. The van der Waals surface area contributed by atoms with Gasteiger partial charge in [0.05, 0.1) is 11.9 Å². The predicted octanol–water partition coefficient (Wildman–Crippen LogP) is 3.98. The Hall–Kier alpha value is -1.69. The Labute approximate surface area is 148 Å². The lowest BCUT2D eigenvalue weighted by atomic mass is 10.1. The largest absolute Gasteiger partial charge is 0.309 e. The van der Waals surface area contributed by atoms with Crippen molar-refractivity contribution in [3.63, 3.8) is 0 Å². The molecule has 1 aliphatic rings. The number of thiophene rings is 1. The minimum absolute atomic E-state index is 0.00431. The van der Waals surface area contributed by atoms with Crippen LogP contribution < -0.4 is 10.9 Å². The third-order valence-electron chi connectivity index (χ3n) is 4.57. The van der Waals surface area contributed by atoms with E-state index in [-0.39, 0.29) is 11.6 Å². The van der Waals surface area contributed by atoms with E-state index in [1.807, 2.05) is 24.3 Å². The molecular weight excluding hydrogens is 342 g/mol. The van der Waals surface area contributed by atoms with Crippen molar-refractivity contribution in [3.05, 3.63) is 61.5 Å². The van der Waals surface area contributed by atoms with Crippen LogP contribution in [0.25, 0.3) is 10.2 Å². The van der Waals surface area contributed by atoms with E-state index in [1.54, 1.807) is 11.3 Å². The number of hydrogen-bond donors (Lipinski definition) is 2. The normalized spacial score (nSPS) is 14.9. The van der Waals surface area contributed by atoms with Crippen LogP contribution in [0.2, 0.25) is 5.02 Å². The summed E-state index contributed by atoms with van der Waals surface area (Å²) in [6.07, 6.45) is 3.24. The lowest BCUT2D eigenvalue weighted by Gasteiger charge is -2.14. The number of halogens is 1. The maximum atomic E-state index is 12.4. The van der Waals surface area contributed by atoms with Crippen molar-refractivity contribution >= 4 is 33.2 Å². The van der Waals surface area contributed by atoms with Crippen LogP contribution in [0, 0.1) is 0 Å². The highest BCUT2D eigenvalue weighted by molar-refractivity contribution is 7.18. The molecular formula is C18H18ClN3OS. The Bertz CT molecular complexity index is 945. The number of hydrogen-bond acceptors (Lipinski definition) is 4. The third-order valence-corrected chi connectivity index (χ3v) is 6.01. The highest BCUT2D eigenvalue weighted by Gasteiger charge is 2.21. The van der Waals surface area contributed by atoms with Crippen LogP contribution in [-0.4, -0.2) is 9.97 Å². The summed E-state index contributed by atoms with van der Waals surface area (Å²) in [6, 6.07) is 7.92. The predicted molar refractivity (Wildman–Crippen MR) is 99.0 cm³/mol. The first-order chi connectivity index (χ1) is 11.6. The molecule has 3 aromatic rings. The molecule has 6 heteroatoms. The molecule has 0 bridgehead atoms. The van der Waals surface area contributed by atoms with Gasteiger partial charge in [0.25, 0.3) is 5.56 Å². The van der Waals surface area contributed by atoms with E-state index in [0.29, 0.717) is 12.4 Å². The van der Waals surface area contributed by atoms with Crippen LogP contribution in [-0.2, 0) is 19.4 Å². The van der Waals surface area contributed by atoms with Crippen molar-refractivity contribution in [1.29, 1.82) is 0 Å². The maximum absolute atomic E-state index is 12.4. The zero-order chi connectivity index (χ0) is 16.7. The van der Waals surface area contributed by atoms with Crippen LogP contribution >= 0.6 is 22.9 Å². The minimum Gasteiger partial charge on any atom is -0.309 e. The smallest absolute Gasteiger partial charge is 0.259 e. The molecule has 2 N–H and O–H groups in total. The van der Waals surface area contributed by atoms with Gasteiger partial charge in [0.2, 0.25) is 0 Å². The average molecular weight is 360 g/mol. The summed E-state index contributed by atoms with van der Waals surface area (Å²) in [7, 11) is 0. The van der Waals surface area contributed by atoms with Crippen molar-refractivity contribution in [2.75, 3.05) is 0 Å². The van der Waals surface area contributed by atoms with E-state index in [4.69, 9.17) is 11.6 Å². The second-order valence-corrected chi connectivity index (χ2v) is 7.72. The molecule has 1 aromatic carbocycles. The lowest BCUT2D eigenvalue weighted by Crippen LogP contribution is -2.22. The SMILES string of the molecule is C[C@@H](NCc1nc2sc3c(c2c(=O)[nH]1)CCC3)c1ccc(Cl)cc1. The zero-order valence-electron chi connectivity index (χ0n) is 13.4. The van der Waals surface area contributed by atoms with Crippen molar-refractivity contribution in [2.45, 2.75) is 38.8 Å². The quantitative estimate of drug-likeness (QED) is 0.740. The molecule has 2 aromatic heterocycles. The van der Waals surface area contributed by atoms with Gasteiger partial charge in [-0.25, -0.2) is 4.98 Å². The third kappa shape index (κ3) is 2.88. The Balaban J connectivity index is 1.54. The van der Waals surface area contributed by atoms with E-state index in [2.05, 4.69) is 22.2 Å². The van der Waals surface area contributed by atoms with Gasteiger partial charge < -0.3 is 10.3 Å². The summed E-state index contributed by atoms with van der Waals surface area (Å²) in [5.74, 6) is 0.688. The highest BCUT2D eigenvalue weighted by Crippen LogP contribution is 2.34. The van der Waals surface area contributed by atoms with Gasteiger partial charge in [-0.2, -0.15) is 0 Å². The standard InChI is InChI=1S/C18H18ClN3OS/c1-10(11-5-7-12(19)8-6-11)20-9-15-21-17(23)16-13-3-2-4-14(13)24-18(16)22-15/h5-8,10,20H,2-4,9H2,1H3,(H,21,22,23)/t10-/m1/s1. The lowest BCUT2D eigenvalue weighted by molar-refractivity contribution is 0.559. The topological polar surface area (TPSA) is 57.8 Å². The van der Waals surface area contributed by atoms with Gasteiger partial charge in [-0.1, -0.05) is 23.7 Å². The monoisotopic (exact) mass is 359 g/mol. The van der Waals surface area contributed by atoms with Gasteiger partial charge in [-0.3, -0.25) is 4.79 Å². The van der Waals surface area contributed by atoms with E-state index in [0.717, 1.165) is 40.1 Å². The zero-order valence-corrected chi connectivity index (χ0v) is 14.9. The number of fused-ring (bicyclic) bond motifs is 3. The summed E-state index contributed by atoms with van der Waals surface area (Å²) in [6.45, 7) is 2.61. The van der Waals surface area contributed by atoms with Gasteiger partial charge in [0, 0.05) is 15.9 Å². The van der Waals surface area contributed by atoms with Crippen molar-refractivity contribution in [3.8, 4) is 0 Å². The maximum Gasteiger partial charge on any atom is 0.259 e. The average Bonchev–Trinajstić information content (AvgIpc) is 3.13. The molecule has 0 spiro atoms. The van der Waals surface area contributed by atoms with Gasteiger partial charge in [0.15, 0.2) is 0 Å². The molecule has 0 radical (unpaired) electrons. The Morgan fingerprint density at radius 2 is 2.12 bits per heavy atom. The van der Waals surface area contributed by atoms with Gasteiger partial charge in [0.1, 0.15) is 10.7 Å². The van der Waals surface area contributed by atoms with Crippen LogP contribution in [0.15, 0.2) is 29.1 Å². The summed E-state index contributed by atoms with van der Waals surface area (Å²) >= 11 is 7.60. The van der Waals surface area contributed by atoms with Gasteiger partial charge in [-0.15, -0.1) is 11.3 Å². The molecule has 2 heterocycles. The second-order valence-electron chi connectivity index (χ2n) is 6.20. The first kappa shape index (κ1) is 15.8. The van der Waals surface area contributed by atoms with E-state index in [9.17, 15) is 4.79 Å². The first-order valence-corrected chi connectivity index (χ1v) is 9.33. The number of aromatic amines is 1. The highest BCUT2D eigenvalue weighted by atomic mass is 35.5. The van der Waals surface area contributed by atoms with Crippen molar-refractivity contribution < 1.29 is 0 Å². The number of aryl methyl sites for hydroxylation is 2. The van der Waals surface area contributed by atoms with Crippen LogP contribution in [0.1, 0.15) is 41.2 Å². The summed E-state index contributed by atoms with van der Waals surface area (Å²) in [5, 5.41) is 4.94. The van der Waals surface area contributed by atoms with Gasteiger partial charge >= 0.3 is 0 Å². The molecule has 0 saturated heterocycles. The first-order valence-electron chi connectivity index (χ1n) is 8.14. The van der Waals surface area contributed by atoms with Gasteiger partial charge in [-0.05, 0) is 49.4 Å². The summed E-state index contributed by atoms with van der Waals surface area (Å²) < 4.78 is 0. The van der Waals surface area contributed by atoms with Crippen LogP contribution in [0.5, 0.6) is 0 Å². The van der Waals surface area contributed by atoms with Crippen molar-refractivity contribution in [2.24, 2.45) is 0 Å². The summed E-state index contributed by atoms with van der Waals surface area (Å²) in [4.78, 5) is 22.2. The fraction of sp³-hybridized carbons (Fsp3) is 0.333. The number of nitrogens with one attached hydrogen (secondary N) is 2. The molecule has 124 valence electrons. The molecule has 0 fully saturated rings. The molecule has 0 amide bonds. The molecule has 24 heavy (non-hydrogen) atoms. The Morgan fingerprint density at radius 1 is 1.33 bits per heavy atom. The molecule has 0 aliphatic heterocycles. The number of nitrogens with zero attached hydrogens (tertiary/aromatic N) is 1. The molecule has 0 saturated carbocycles. The second kappa shape index (κ2) is 6.31. The fourth-order valence-corrected chi connectivity index (χ4v) is 4.66. The van der Waals surface area contributed by atoms with E-state index in [1.165, 1.54) is 10.4 Å². The number of rotatable bonds is 4. The Kier molecular flexibility index (Phi) is 4.16. The van der Waals surface area contributed by atoms with E-state index < -0.39 is 0 Å². The summed E-state index contributed by atoms with van der Waals surface area (Å²) in [5.41, 5.74) is 2.37.